The first-order valence-electron chi connectivity index (χ1n) is 8.34. The highest BCUT2D eigenvalue weighted by Crippen LogP contribution is 2.34. The van der Waals surface area contributed by atoms with Crippen molar-refractivity contribution in [2.45, 2.75) is 6.92 Å². The third-order valence-electron chi connectivity index (χ3n) is 4.84. The second-order valence-corrected chi connectivity index (χ2v) is 6.31. The van der Waals surface area contributed by atoms with Crippen LogP contribution in [0.1, 0.15) is 26.4 Å². The molecule has 9 nitrogen and oxygen atoms in total. The van der Waals surface area contributed by atoms with Crippen molar-refractivity contribution < 1.29 is 14.5 Å². The van der Waals surface area contributed by atoms with Crippen LogP contribution in [0.15, 0.2) is 53.3 Å². The summed E-state index contributed by atoms with van der Waals surface area (Å²) in [6.45, 7) is 1.61. The van der Waals surface area contributed by atoms with E-state index >= 15 is 0 Å². The van der Waals surface area contributed by atoms with Crippen LogP contribution in [-0.2, 0) is 7.05 Å². The molecular formula is C19H14N4O5. The number of hydrogen-bond acceptors (Lipinski definition) is 5. The molecule has 0 fully saturated rings. The summed E-state index contributed by atoms with van der Waals surface area (Å²) in [6, 6.07) is 12.6. The number of nitro groups is 1. The number of para-hydroxylation sites is 1. The third kappa shape index (κ3) is 2.22. The number of nitrogens with zero attached hydrogens (tertiary/aromatic N) is 4. The van der Waals surface area contributed by atoms with E-state index in [4.69, 9.17) is 0 Å². The first kappa shape index (κ1) is 17.4. The van der Waals surface area contributed by atoms with Gasteiger partial charge in [-0.05, 0) is 25.1 Å². The van der Waals surface area contributed by atoms with E-state index in [0.717, 1.165) is 11.0 Å². The molecule has 1 aliphatic heterocycles. The van der Waals surface area contributed by atoms with E-state index in [1.165, 1.54) is 21.5 Å². The molecule has 0 saturated carbocycles. The van der Waals surface area contributed by atoms with Gasteiger partial charge in [0.05, 0.1) is 21.9 Å². The molecule has 1 aliphatic rings. The summed E-state index contributed by atoms with van der Waals surface area (Å²) in [6.07, 6.45) is 0. The first-order valence-corrected chi connectivity index (χ1v) is 8.34. The van der Waals surface area contributed by atoms with Gasteiger partial charge in [0.1, 0.15) is 11.3 Å². The van der Waals surface area contributed by atoms with Gasteiger partial charge in [-0.2, -0.15) is 0 Å². The highest BCUT2D eigenvalue weighted by atomic mass is 16.6. The van der Waals surface area contributed by atoms with Crippen molar-refractivity contribution >= 4 is 23.2 Å². The molecule has 9 heteroatoms. The number of nitro benzene ring substituents is 1. The number of benzene rings is 2. The van der Waals surface area contributed by atoms with Crippen molar-refractivity contribution in [3.63, 3.8) is 0 Å². The largest absolute Gasteiger partial charge is 0.296 e. The molecule has 140 valence electrons. The number of hydrogen-bond donors (Lipinski definition) is 0. The van der Waals surface area contributed by atoms with E-state index < -0.39 is 28.0 Å². The van der Waals surface area contributed by atoms with E-state index in [1.807, 2.05) is 0 Å². The zero-order valence-electron chi connectivity index (χ0n) is 14.9. The van der Waals surface area contributed by atoms with E-state index in [0.29, 0.717) is 11.4 Å². The summed E-state index contributed by atoms with van der Waals surface area (Å²) in [5.41, 5.74) is -0.594. The Balaban J connectivity index is 1.94. The molecule has 0 N–H and O–H groups in total. The average molecular weight is 378 g/mol. The molecule has 2 aromatic carbocycles. The average Bonchev–Trinajstić information content (AvgIpc) is 3.06. The quantitative estimate of drug-likeness (QED) is 0.394. The molecule has 0 saturated heterocycles. The maximum absolute atomic E-state index is 13.1. The lowest BCUT2D eigenvalue weighted by Gasteiger charge is -2.11. The highest BCUT2D eigenvalue weighted by molar-refractivity contribution is 6.35. The number of aromatic nitrogens is 2. The van der Waals surface area contributed by atoms with Crippen molar-refractivity contribution in [3.05, 3.63) is 85.8 Å². The van der Waals surface area contributed by atoms with Crippen LogP contribution in [0, 0.1) is 17.0 Å². The Morgan fingerprint density at radius 2 is 1.61 bits per heavy atom. The van der Waals surface area contributed by atoms with Gasteiger partial charge in [0.15, 0.2) is 0 Å². The topological polar surface area (TPSA) is 107 Å². The molecule has 2 heterocycles. The summed E-state index contributed by atoms with van der Waals surface area (Å²) >= 11 is 0. The maximum Gasteiger partial charge on any atom is 0.296 e. The summed E-state index contributed by atoms with van der Waals surface area (Å²) in [7, 11) is 1.63. The van der Waals surface area contributed by atoms with Crippen LogP contribution in [0.5, 0.6) is 0 Å². The Kier molecular flexibility index (Phi) is 3.74. The van der Waals surface area contributed by atoms with Crippen LogP contribution in [0.4, 0.5) is 11.4 Å². The van der Waals surface area contributed by atoms with Crippen LogP contribution >= 0.6 is 0 Å². The van der Waals surface area contributed by atoms with Crippen LogP contribution in [0.25, 0.3) is 5.69 Å². The van der Waals surface area contributed by atoms with Gasteiger partial charge in [-0.15, -0.1) is 0 Å². The monoisotopic (exact) mass is 378 g/mol. The molecule has 0 aliphatic carbocycles. The molecule has 0 bridgehead atoms. The summed E-state index contributed by atoms with van der Waals surface area (Å²) in [5.74, 6) is -1.63. The van der Waals surface area contributed by atoms with Crippen LogP contribution in [-0.4, -0.2) is 26.1 Å². The van der Waals surface area contributed by atoms with E-state index in [1.54, 1.807) is 44.3 Å². The Morgan fingerprint density at radius 1 is 0.929 bits per heavy atom. The molecule has 1 aromatic heterocycles. The number of fused-ring (bicyclic) bond motifs is 1. The van der Waals surface area contributed by atoms with Gasteiger partial charge in [-0.3, -0.25) is 29.2 Å². The lowest BCUT2D eigenvalue weighted by Crippen LogP contribution is -2.34. The number of amides is 2. The van der Waals surface area contributed by atoms with Crippen LogP contribution in [0.3, 0.4) is 0 Å². The molecule has 0 radical (unpaired) electrons. The third-order valence-corrected chi connectivity index (χ3v) is 4.84. The molecule has 0 spiro atoms. The molecule has 0 unspecified atom stereocenters. The van der Waals surface area contributed by atoms with Gasteiger partial charge in [-0.1, -0.05) is 24.3 Å². The summed E-state index contributed by atoms with van der Waals surface area (Å²) in [5, 5.41) is 11.3. The minimum absolute atomic E-state index is 0.0897. The Labute approximate surface area is 158 Å². The van der Waals surface area contributed by atoms with Gasteiger partial charge in [0, 0.05) is 13.1 Å². The van der Waals surface area contributed by atoms with Crippen LogP contribution in [0.2, 0.25) is 0 Å². The van der Waals surface area contributed by atoms with E-state index in [2.05, 4.69) is 0 Å². The number of rotatable bonds is 3. The van der Waals surface area contributed by atoms with Crippen molar-refractivity contribution in [1.29, 1.82) is 0 Å². The zero-order valence-corrected chi connectivity index (χ0v) is 14.9. The Morgan fingerprint density at radius 3 is 2.25 bits per heavy atom. The number of carbonyl (C=O) groups is 2. The first-order chi connectivity index (χ1) is 13.3. The second kappa shape index (κ2) is 6.02. The van der Waals surface area contributed by atoms with Gasteiger partial charge in [0.25, 0.3) is 23.1 Å². The lowest BCUT2D eigenvalue weighted by molar-refractivity contribution is -0.385. The fourth-order valence-electron chi connectivity index (χ4n) is 3.43. The molecule has 4 rings (SSSR count). The number of imide groups is 1. The van der Waals surface area contributed by atoms with Gasteiger partial charge in [-0.25, -0.2) is 9.58 Å². The fraction of sp³-hybridized carbons (Fsp3) is 0.105. The molecule has 0 atom stereocenters. The SMILES string of the molecule is Cc1c(N2C(=O)c3cccc([N+](=O)[O-])c3C2=O)c(=O)n(-c2ccccc2)n1C. The van der Waals surface area contributed by atoms with Crippen molar-refractivity contribution in [1.82, 2.24) is 9.36 Å². The van der Waals surface area contributed by atoms with Gasteiger partial charge in [0.2, 0.25) is 0 Å². The zero-order chi connectivity index (χ0) is 20.2. The second-order valence-electron chi connectivity index (χ2n) is 6.31. The van der Waals surface area contributed by atoms with Crippen molar-refractivity contribution in [2.75, 3.05) is 4.90 Å². The predicted octanol–water partition coefficient (Wildman–Crippen LogP) is 2.19. The molecular weight excluding hydrogens is 364 g/mol. The van der Waals surface area contributed by atoms with E-state index in [9.17, 15) is 24.5 Å². The standard InChI is InChI=1S/C19H14N4O5/c1-11-16(19(26)22(20(11)2)12-7-4-3-5-8-12)21-17(24)13-9-6-10-14(23(27)28)15(13)18(21)25/h3-10H,1-2H3. The predicted molar refractivity (Wildman–Crippen MR) is 100.0 cm³/mol. The smallest absolute Gasteiger partial charge is 0.283 e. The summed E-state index contributed by atoms with van der Waals surface area (Å²) in [4.78, 5) is 50.2. The Hall–Kier alpha value is -4.01. The van der Waals surface area contributed by atoms with Crippen molar-refractivity contribution in [2.24, 2.45) is 7.05 Å². The fourth-order valence-corrected chi connectivity index (χ4v) is 3.43. The van der Waals surface area contributed by atoms with Crippen LogP contribution < -0.4 is 10.5 Å². The molecule has 2 amide bonds. The minimum Gasteiger partial charge on any atom is -0.283 e. The highest BCUT2D eigenvalue weighted by Gasteiger charge is 2.44. The normalized spacial score (nSPS) is 13.1. The molecule has 28 heavy (non-hydrogen) atoms. The van der Waals surface area contributed by atoms with E-state index in [-0.39, 0.29) is 16.8 Å². The number of carbonyl (C=O) groups excluding carboxylic acids is 2. The summed E-state index contributed by atoms with van der Waals surface area (Å²) < 4.78 is 2.87. The van der Waals surface area contributed by atoms with Gasteiger partial charge < -0.3 is 0 Å². The number of anilines is 1. The lowest BCUT2D eigenvalue weighted by atomic mass is 10.1. The Bertz CT molecular complexity index is 1220. The molecule has 3 aromatic rings. The minimum atomic E-state index is -0.877. The maximum atomic E-state index is 13.1. The van der Waals surface area contributed by atoms with Gasteiger partial charge >= 0.3 is 0 Å². The van der Waals surface area contributed by atoms with Crippen molar-refractivity contribution in [3.8, 4) is 5.69 Å².